The minimum Gasteiger partial charge on any atom is -0.393 e. The highest BCUT2D eigenvalue weighted by Crippen LogP contribution is 2.17. The van der Waals surface area contributed by atoms with Crippen molar-refractivity contribution in [2.24, 2.45) is 7.05 Å². The van der Waals surface area contributed by atoms with Gasteiger partial charge in [-0.05, 0) is 25.7 Å². The van der Waals surface area contributed by atoms with Crippen molar-refractivity contribution in [3.05, 3.63) is 12.2 Å². The molecule has 1 fully saturated rings. The number of aromatic nitrogens is 3. The molecule has 2 rings (SSSR count). The van der Waals surface area contributed by atoms with Gasteiger partial charge in [0, 0.05) is 26.1 Å². The van der Waals surface area contributed by atoms with Crippen LogP contribution in [0.15, 0.2) is 6.33 Å². The highest BCUT2D eigenvalue weighted by Gasteiger charge is 2.18. The third-order valence-corrected chi connectivity index (χ3v) is 3.13. The van der Waals surface area contributed by atoms with Crippen molar-refractivity contribution in [2.75, 3.05) is 6.54 Å². The van der Waals surface area contributed by atoms with Gasteiger partial charge >= 0.3 is 0 Å². The molecule has 5 nitrogen and oxygen atoms in total. The second-order valence-electron chi connectivity index (χ2n) is 4.54. The summed E-state index contributed by atoms with van der Waals surface area (Å²) in [4.78, 5) is 4.18. The van der Waals surface area contributed by atoms with Gasteiger partial charge in [-0.15, -0.1) is 0 Å². The minimum absolute atomic E-state index is 0.0736. The Hall–Kier alpha value is -0.940. The number of hydrogen-bond donors (Lipinski definition) is 2. The molecule has 5 heteroatoms. The predicted octanol–water partition coefficient (Wildman–Crippen LogP) is 0.251. The Morgan fingerprint density at radius 1 is 1.44 bits per heavy atom. The first-order valence-corrected chi connectivity index (χ1v) is 6.00. The van der Waals surface area contributed by atoms with Crippen molar-refractivity contribution in [3.8, 4) is 0 Å². The molecular formula is C11H20N4O. The van der Waals surface area contributed by atoms with E-state index in [1.807, 2.05) is 7.05 Å². The van der Waals surface area contributed by atoms with E-state index in [9.17, 15) is 5.11 Å². The minimum atomic E-state index is -0.0736. The van der Waals surface area contributed by atoms with Crippen LogP contribution in [0, 0.1) is 0 Å². The number of aryl methyl sites for hydroxylation is 1. The largest absolute Gasteiger partial charge is 0.393 e. The molecule has 0 spiro atoms. The fourth-order valence-corrected chi connectivity index (χ4v) is 2.17. The van der Waals surface area contributed by atoms with E-state index in [4.69, 9.17) is 0 Å². The first-order valence-electron chi connectivity index (χ1n) is 6.00. The van der Waals surface area contributed by atoms with Gasteiger partial charge in [0.25, 0.3) is 0 Å². The predicted molar refractivity (Wildman–Crippen MR) is 61.0 cm³/mol. The normalized spacial score (nSPS) is 25.9. The molecule has 1 aromatic rings. The molecule has 1 aliphatic rings. The molecule has 0 unspecified atom stereocenters. The van der Waals surface area contributed by atoms with Gasteiger partial charge in [-0.1, -0.05) is 0 Å². The van der Waals surface area contributed by atoms with Crippen LogP contribution in [0.1, 0.15) is 31.5 Å². The highest BCUT2D eigenvalue weighted by molar-refractivity contribution is 4.84. The monoisotopic (exact) mass is 224 g/mol. The molecule has 1 aliphatic carbocycles. The highest BCUT2D eigenvalue weighted by atomic mass is 16.3. The molecular weight excluding hydrogens is 204 g/mol. The second-order valence-corrected chi connectivity index (χ2v) is 4.54. The molecule has 0 aromatic carbocycles. The fourth-order valence-electron chi connectivity index (χ4n) is 2.17. The van der Waals surface area contributed by atoms with Gasteiger partial charge in [0.1, 0.15) is 6.33 Å². The quantitative estimate of drug-likeness (QED) is 0.769. The van der Waals surface area contributed by atoms with Crippen molar-refractivity contribution < 1.29 is 5.11 Å². The van der Waals surface area contributed by atoms with E-state index < -0.39 is 0 Å². The van der Waals surface area contributed by atoms with Crippen LogP contribution in [0.25, 0.3) is 0 Å². The number of rotatable bonds is 4. The second kappa shape index (κ2) is 5.41. The molecule has 90 valence electrons. The van der Waals surface area contributed by atoms with Gasteiger partial charge < -0.3 is 10.4 Å². The van der Waals surface area contributed by atoms with Crippen LogP contribution in [0.3, 0.4) is 0 Å². The van der Waals surface area contributed by atoms with Crippen molar-refractivity contribution >= 4 is 0 Å². The zero-order valence-corrected chi connectivity index (χ0v) is 9.76. The topological polar surface area (TPSA) is 63.0 Å². The molecule has 1 saturated carbocycles. The molecule has 0 atom stereocenters. The smallest absolute Gasteiger partial charge is 0.151 e. The molecule has 16 heavy (non-hydrogen) atoms. The van der Waals surface area contributed by atoms with E-state index in [0.29, 0.717) is 6.04 Å². The standard InChI is InChI=1S/C11H20N4O/c1-15-8-13-11(14-15)6-7-12-9-2-4-10(16)5-3-9/h8-10,12,16H,2-7H2,1H3. The maximum atomic E-state index is 9.38. The molecule has 0 saturated heterocycles. The van der Waals surface area contributed by atoms with Gasteiger partial charge in [0.15, 0.2) is 5.82 Å². The number of nitrogens with one attached hydrogen (secondary N) is 1. The zero-order chi connectivity index (χ0) is 11.4. The van der Waals surface area contributed by atoms with Gasteiger partial charge in [-0.3, -0.25) is 4.68 Å². The third-order valence-electron chi connectivity index (χ3n) is 3.13. The van der Waals surface area contributed by atoms with Gasteiger partial charge in [0.05, 0.1) is 6.10 Å². The lowest BCUT2D eigenvalue weighted by molar-refractivity contribution is 0.117. The summed E-state index contributed by atoms with van der Waals surface area (Å²) in [5.74, 6) is 0.894. The number of hydrogen-bond acceptors (Lipinski definition) is 4. The first-order chi connectivity index (χ1) is 7.74. The maximum Gasteiger partial charge on any atom is 0.151 e. The maximum absolute atomic E-state index is 9.38. The Balaban J connectivity index is 1.64. The van der Waals surface area contributed by atoms with E-state index in [-0.39, 0.29) is 6.10 Å². The van der Waals surface area contributed by atoms with E-state index in [0.717, 1.165) is 44.5 Å². The average molecular weight is 224 g/mol. The SMILES string of the molecule is Cn1cnc(CCNC2CCC(O)CC2)n1. The van der Waals surface area contributed by atoms with Crippen LogP contribution >= 0.6 is 0 Å². The fraction of sp³-hybridized carbons (Fsp3) is 0.818. The number of nitrogens with zero attached hydrogens (tertiary/aromatic N) is 3. The summed E-state index contributed by atoms with van der Waals surface area (Å²) in [5.41, 5.74) is 0. The Morgan fingerprint density at radius 2 is 2.19 bits per heavy atom. The summed E-state index contributed by atoms with van der Waals surface area (Å²) in [6.45, 7) is 0.921. The van der Waals surface area contributed by atoms with Gasteiger partial charge in [0.2, 0.25) is 0 Å². The van der Waals surface area contributed by atoms with Crippen LogP contribution in [0.4, 0.5) is 0 Å². The molecule has 0 radical (unpaired) electrons. The van der Waals surface area contributed by atoms with Crippen molar-refractivity contribution in [3.63, 3.8) is 0 Å². The number of aliphatic hydroxyl groups excluding tert-OH is 1. The van der Waals surface area contributed by atoms with Crippen LogP contribution in [-0.2, 0) is 13.5 Å². The molecule has 1 aromatic heterocycles. The lowest BCUT2D eigenvalue weighted by Crippen LogP contribution is -2.35. The zero-order valence-electron chi connectivity index (χ0n) is 9.76. The van der Waals surface area contributed by atoms with Crippen LogP contribution < -0.4 is 5.32 Å². The van der Waals surface area contributed by atoms with E-state index in [2.05, 4.69) is 15.4 Å². The Kier molecular flexibility index (Phi) is 3.90. The summed E-state index contributed by atoms with van der Waals surface area (Å²) >= 11 is 0. The Labute approximate surface area is 95.9 Å². The third kappa shape index (κ3) is 3.28. The average Bonchev–Trinajstić information content (AvgIpc) is 2.67. The van der Waals surface area contributed by atoms with E-state index >= 15 is 0 Å². The van der Waals surface area contributed by atoms with Gasteiger partial charge in [-0.25, -0.2) is 4.98 Å². The lowest BCUT2D eigenvalue weighted by atomic mass is 9.93. The van der Waals surface area contributed by atoms with E-state index in [1.54, 1.807) is 11.0 Å². The van der Waals surface area contributed by atoms with E-state index in [1.165, 1.54) is 0 Å². The first kappa shape index (κ1) is 11.5. The molecule has 0 bridgehead atoms. The number of aliphatic hydroxyl groups is 1. The van der Waals surface area contributed by atoms with Crippen LogP contribution in [0.5, 0.6) is 0 Å². The van der Waals surface area contributed by atoms with Crippen molar-refractivity contribution in [1.29, 1.82) is 0 Å². The Morgan fingerprint density at radius 3 is 2.81 bits per heavy atom. The van der Waals surface area contributed by atoms with Crippen LogP contribution in [0.2, 0.25) is 0 Å². The molecule has 0 aliphatic heterocycles. The summed E-state index contributed by atoms with van der Waals surface area (Å²) in [7, 11) is 1.88. The lowest BCUT2D eigenvalue weighted by Gasteiger charge is -2.26. The molecule has 2 N–H and O–H groups in total. The molecule has 0 amide bonds. The van der Waals surface area contributed by atoms with Crippen molar-refractivity contribution in [2.45, 2.75) is 44.2 Å². The van der Waals surface area contributed by atoms with Gasteiger partial charge in [-0.2, -0.15) is 5.10 Å². The molecule has 1 heterocycles. The van der Waals surface area contributed by atoms with Crippen LogP contribution in [-0.4, -0.2) is 38.6 Å². The van der Waals surface area contributed by atoms with Crippen molar-refractivity contribution in [1.82, 2.24) is 20.1 Å². The Bertz CT molecular complexity index is 318. The summed E-state index contributed by atoms with van der Waals surface area (Å²) < 4.78 is 1.73. The summed E-state index contributed by atoms with van der Waals surface area (Å²) in [5, 5.41) is 17.1. The summed E-state index contributed by atoms with van der Waals surface area (Å²) in [6.07, 6.45) is 6.55. The summed E-state index contributed by atoms with van der Waals surface area (Å²) in [6, 6.07) is 0.562.